The van der Waals surface area contributed by atoms with Crippen molar-refractivity contribution in [1.82, 2.24) is 4.57 Å². The highest BCUT2D eigenvalue weighted by Gasteiger charge is 2.56. The fraction of sp³-hybridized carbons (Fsp3) is 0.321. The Hall–Kier alpha value is -2.21. The number of furan rings is 1. The summed E-state index contributed by atoms with van der Waals surface area (Å²) >= 11 is 9.87. The molecule has 0 radical (unpaired) electrons. The number of thioether (sulfide) groups is 1. The molecule has 1 aliphatic heterocycles. The Bertz CT molecular complexity index is 1420. The second kappa shape index (κ2) is 8.18. The molecule has 172 valence electrons. The zero-order valence-electron chi connectivity index (χ0n) is 18.5. The Morgan fingerprint density at radius 2 is 1.76 bits per heavy atom. The summed E-state index contributed by atoms with van der Waals surface area (Å²) in [6, 6.07) is 22.3. The van der Waals surface area contributed by atoms with E-state index >= 15 is 0 Å². The van der Waals surface area contributed by atoms with Crippen molar-refractivity contribution in [2.75, 3.05) is 0 Å². The number of halogens is 1. The molecule has 0 unspecified atom stereocenters. The van der Waals surface area contributed by atoms with E-state index in [-0.39, 0.29) is 10.8 Å². The van der Waals surface area contributed by atoms with E-state index in [1.807, 2.05) is 64.9 Å². The van der Waals surface area contributed by atoms with Crippen molar-refractivity contribution in [3.05, 3.63) is 97.6 Å². The number of fused-ring (bicyclic) bond motifs is 6. The Balaban J connectivity index is 1.35. The molecule has 0 saturated heterocycles. The molecule has 0 N–H and O–H groups in total. The van der Waals surface area contributed by atoms with E-state index < -0.39 is 0 Å². The highest BCUT2D eigenvalue weighted by atomic mass is 35.5. The Labute approximate surface area is 211 Å². The molecule has 3 aliphatic rings. The van der Waals surface area contributed by atoms with Gasteiger partial charge in [0.2, 0.25) is 0 Å². The number of hydrogen-bond donors (Lipinski definition) is 0. The first-order chi connectivity index (χ1) is 16.7. The van der Waals surface area contributed by atoms with Gasteiger partial charge in [-0.15, -0.1) is 11.8 Å². The van der Waals surface area contributed by atoms with Crippen molar-refractivity contribution >= 4 is 34.7 Å². The normalized spacial score (nSPS) is 27.0. The van der Waals surface area contributed by atoms with Gasteiger partial charge < -0.3 is 4.42 Å². The van der Waals surface area contributed by atoms with Crippen LogP contribution in [-0.2, 0) is 6.54 Å². The molecule has 2 bridgehead atoms. The zero-order chi connectivity index (χ0) is 22.8. The van der Waals surface area contributed by atoms with Crippen molar-refractivity contribution in [3.63, 3.8) is 0 Å². The first-order valence-corrected chi connectivity index (χ1v) is 14.0. The molecule has 6 heteroatoms. The van der Waals surface area contributed by atoms with Crippen molar-refractivity contribution in [2.24, 2.45) is 17.8 Å². The summed E-state index contributed by atoms with van der Waals surface area (Å²) in [6.45, 7) is 0.625. The predicted octanol–water partition coefficient (Wildman–Crippen LogP) is 7.52. The van der Waals surface area contributed by atoms with Crippen LogP contribution in [0.25, 0.3) is 11.3 Å². The molecule has 34 heavy (non-hydrogen) atoms. The van der Waals surface area contributed by atoms with Gasteiger partial charge >= 0.3 is 4.87 Å². The Kier molecular flexibility index (Phi) is 5.08. The molecule has 2 aromatic carbocycles. The summed E-state index contributed by atoms with van der Waals surface area (Å²) in [6.07, 6.45) is 3.93. The maximum absolute atomic E-state index is 13.3. The first-order valence-electron chi connectivity index (χ1n) is 12.0. The van der Waals surface area contributed by atoms with Crippen LogP contribution in [0.15, 0.2) is 81.0 Å². The summed E-state index contributed by atoms with van der Waals surface area (Å²) in [5.74, 6) is 3.92. The van der Waals surface area contributed by atoms with Gasteiger partial charge in [0.05, 0.1) is 27.4 Å². The van der Waals surface area contributed by atoms with Crippen molar-refractivity contribution in [3.8, 4) is 11.3 Å². The fourth-order valence-corrected chi connectivity index (χ4v) is 9.86. The first kappa shape index (κ1) is 21.1. The molecular weight excluding hydrogens is 482 g/mol. The highest BCUT2D eigenvalue weighted by molar-refractivity contribution is 8.00. The number of benzene rings is 2. The van der Waals surface area contributed by atoms with E-state index in [0.717, 1.165) is 33.6 Å². The van der Waals surface area contributed by atoms with E-state index in [9.17, 15) is 4.79 Å². The van der Waals surface area contributed by atoms with E-state index in [4.69, 9.17) is 16.0 Å². The molecule has 2 saturated carbocycles. The Morgan fingerprint density at radius 1 is 0.971 bits per heavy atom. The van der Waals surface area contributed by atoms with Crippen LogP contribution >= 0.6 is 34.7 Å². The molecule has 2 fully saturated rings. The predicted molar refractivity (Wildman–Crippen MR) is 139 cm³/mol. The molecular formula is C28H24ClNO2S2. The zero-order valence-corrected chi connectivity index (χ0v) is 20.9. The number of rotatable bonds is 4. The molecule has 0 spiro atoms. The van der Waals surface area contributed by atoms with Crippen LogP contribution in [-0.4, -0.2) is 9.82 Å². The van der Waals surface area contributed by atoms with Gasteiger partial charge in [0.15, 0.2) is 0 Å². The minimum absolute atomic E-state index is 0.136. The maximum atomic E-state index is 13.3. The molecule has 5 atom stereocenters. The summed E-state index contributed by atoms with van der Waals surface area (Å²) in [7, 11) is 0. The van der Waals surface area contributed by atoms with E-state index in [0.29, 0.717) is 28.7 Å². The standard InChI is InChI=1S/C28H24ClNO2S2/c29-20-9-5-4-8-19(20)21-12-13-22(32-21)24-23-17-10-11-18(14-17)25(23)33-27-26(24)34-28(31)30(27)15-16-6-2-1-3-7-16/h1-9,12-13,17-18,23-25H,10-11,14-15H2/t17-,18-,23+,24+,25+/m0/s1. The molecule has 3 nitrogen and oxygen atoms in total. The monoisotopic (exact) mass is 505 g/mol. The van der Waals surface area contributed by atoms with Crippen LogP contribution in [0.4, 0.5) is 0 Å². The molecule has 2 aliphatic carbocycles. The van der Waals surface area contributed by atoms with Crippen LogP contribution < -0.4 is 4.87 Å². The number of thiazole rings is 1. The number of nitrogens with zero attached hydrogens (tertiary/aromatic N) is 1. The Morgan fingerprint density at radius 3 is 2.62 bits per heavy atom. The molecule has 3 heterocycles. The molecule has 0 amide bonds. The van der Waals surface area contributed by atoms with Gasteiger partial charge in [0, 0.05) is 10.8 Å². The third-order valence-corrected chi connectivity index (χ3v) is 11.1. The second-order valence-electron chi connectivity index (χ2n) is 9.76. The van der Waals surface area contributed by atoms with E-state index in [1.54, 1.807) is 0 Å². The third kappa shape index (κ3) is 3.28. The van der Waals surface area contributed by atoms with Crippen LogP contribution in [0.3, 0.4) is 0 Å². The smallest absolute Gasteiger partial charge is 0.308 e. The molecule has 7 rings (SSSR count). The quantitative estimate of drug-likeness (QED) is 0.287. The van der Waals surface area contributed by atoms with Crippen molar-refractivity contribution in [2.45, 2.75) is 42.0 Å². The topological polar surface area (TPSA) is 35.1 Å². The van der Waals surface area contributed by atoms with Gasteiger partial charge in [-0.3, -0.25) is 9.36 Å². The van der Waals surface area contributed by atoms with Crippen LogP contribution in [0.1, 0.15) is 41.4 Å². The van der Waals surface area contributed by atoms with E-state index in [1.165, 1.54) is 35.5 Å². The van der Waals surface area contributed by atoms with E-state index in [2.05, 4.69) is 18.2 Å². The van der Waals surface area contributed by atoms with Crippen LogP contribution in [0.2, 0.25) is 5.02 Å². The molecule has 4 aromatic rings. The van der Waals surface area contributed by atoms with Crippen molar-refractivity contribution < 1.29 is 4.42 Å². The highest BCUT2D eigenvalue weighted by Crippen LogP contribution is 2.64. The van der Waals surface area contributed by atoms with Gasteiger partial charge in [0.25, 0.3) is 0 Å². The summed E-state index contributed by atoms with van der Waals surface area (Å²) in [5, 5.41) is 2.41. The average molecular weight is 506 g/mol. The van der Waals surface area contributed by atoms with Gasteiger partial charge in [-0.05, 0) is 66.8 Å². The van der Waals surface area contributed by atoms with Crippen LogP contribution in [0.5, 0.6) is 0 Å². The van der Waals surface area contributed by atoms with Gasteiger partial charge in [-0.1, -0.05) is 65.4 Å². The van der Waals surface area contributed by atoms with Gasteiger partial charge in [0.1, 0.15) is 11.5 Å². The number of aromatic nitrogens is 1. The average Bonchev–Trinajstić information content (AvgIpc) is 3.64. The summed E-state index contributed by atoms with van der Waals surface area (Å²) < 4.78 is 8.54. The lowest BCUT2D eigenvalue weighted by Gasteiger charge is -2.39. The van der Waals surface area contributed by atoms with Gasteiger partial charge in [-0.2, -0.15) is 0 Å². The lowest BCUT2D eigenvalue weighted by atomic mass is 9.77. The minimum Gasteiger partial charge on any atom is -0.460 e. The number of hydrogen-bond acceptors (Lipinski definition) is 4. The van der Waals surface area contributed by atoms with Gasteiger partial charge in [-0.25, -0.2) is 0 Å². The maximum Gasteiger partial charge on any atom is 0.308 e. The van der Waals surface area contributed by atoms with Crippen LogP contribution in [0, 0.1) is 17.8 Å². The third-order valence-electron chi connectivity index (χ3n) is 7.95. The largest absolute Gasteiger partial charge is 0.460 e. The molecule has 2 aromatic heterocycles. The lowest BCUT2D eigenvalue weighted by molar-refractivity contribution is 0.283. The van der Waals surface area contributed by atoms with Crippen molar-refractivity contribution in [1.29, 1.82) is 0 Å². The summed E-state index contributed by atoms with van der Waals surface area (Å²) in [5.41, 5.74) is 2.08. The second-order valence-corrected chi connectivity index (χ2v) is 12.3. The lowest BCUT2D eigenvalue weighted by Crippen LogP contribution is -2.34. The SMILES string of the molecule is O=c1sc2c(n1Cc1ccccc1)S[C@@H]1[C@H]3CC[C@@H](C3)[C@@H]1[C@H]2c1ccc(-c2ccccc2Cl)o1. The summed E-state index contributed by atoms with van der Waals surface area (Å²) in [4.78, 5) is 14.6. The minimum atomic E-state index is 0.136. The fourth-order valence-electron chi connectivity index (χ4n) is 6.50.